The van der Waals surface area contributed by atoms with Crippen LogP contribution in [0.5, 0.6) is 11.5 Å². The summed E-state index contributed by atoms with van der Waals surface area (Å²) in [5, 5.41) is 8.66. The fourth-order valence-electron chi connectivity index (χ4n) is 1.71. The first-order valence-electron chi connectivity index (χ1n) is 4.89. The minimum Gasteiger partial charge on any atom is -0.481 e. The van der Waals surface area contributed by atoms with Crippen molar-refractivity contribution in [3.63, 3.8) is 0 Å². The SMILES string of the molecule is Cc1c(CCC(=O)O)cc(Br)c2c1OCO2. The number of rotatable bonds is 3. The highest BCUT2D eigenvalue weighted by Gasteiger charge is 2.21. The maximum Gasteiger partial charge on any atom is 0.303 e. The van der Waals surface area contributed by atoms with Gasteiger partial charge in [0, 0.05) is 6.42 Å². The van der Waals surface area contributed by atoms with E-state index in [1.165, 1.54) is 0 Å². The van der Waals surface area contributed by atoms with Gasteiger partial charge in [-0.1, -0.05) is 0 Å². The average molecular weight is 287 g/mol. The first-order valence-corrected chi connectivity index (χ1v) is 5.68. The molecular formula is C11H11BrO4. The second-order valence-corrected chi connectivity index (χ2v) is 4.46. The van der Waals surface area contributed by atoms with Gasteiger partial charge in [-0.3, -0.25) is 4.79 Å². The summed E-state index contributed by atoms with van der Waals surface area (Å²) in [6.45, 7) is 2.13. The van der Waals surface area contributed by atoms with E-state index in [0.717, 1.165) is 21.3 Å². The second-order valence-electron chi connectivity index (χ2n) is 3.60. The average Bonchev–Trinajstić information content (AvgIpc) is 2.70. The minimum absolute atomic E-state index is 0.118. The van der Waals surface area contributed by atoms with Crippen LogP contribution < -0.4 is 9.47 Å². The first kappa shape index (κ1) is 11.3. The Bertz CT molecular complexity index is 442. The smallest absolute Gasteiger partial charge is 0.303 e. The fraction of sp³-hybridized carbons (Fsp3) is 0.364. The molecule has 0 saturated heterocycles. The summed E-state index contributed by atoms with van der Waals surface area (Å²) in [6.07, 6.45) is 0.614. The Morgan fingerprint density at radius 3 is 2.88 bits per heavy atom. The molecule has 0 spiro atoms. The molecule has 1 aromatic rings. The third-order valence-corrected chi connectivity index (χ3v) is 3.15. The topological polar surface area (TPSA) is 55.8 Å². The van der Waals surface area contributed by atoms with Crippen LogP contribution in [0.1, 0.15) is 17.5 Å². The van der Waals surface area contributed by atoms with E-state index in [9.17, 15) is 4.79 Å². The third-order valence-electron chi connectivity index (χ3n) is 2.56. The molecule has 16 heavy (non-hydrogen) atoms. The molecule has 1 aromatic carbocycles. The highest BCUT2D eigenvalue weighted by atomic mass is 79.9. The molecule has 5 heteroatoms. The van der Waals surface area contributed by atoms with Gasteiger partial charge in [0.2, 0.25) is 6.79 Å². The third kappa shape index (κ3) is 2.00. The largest absolute Gasteiger partial charge is 0.481 e. The van der Waals surface area contributed by atoms with Crippen molar-refractivity contribution in [2.24, 2.45) is 0 Å². The molecule has 0 radical (unpaired) electrons. The molecule has 1 N–H and O–H groups in total. The molecule has 0 atom stereocenters. The zero-order valence-corrected chi connectivity index (χ0v) is 10.3. The van der Waals surface area contributed by atoms with Crippen LogP contribution in [0.25, 0.3) is 0 Å². The molecule has 0 bridgehead atoms. The number of carboxylic acid groups (broad SMARTS) is 1. The Morgan fingerprint density at radius 2 is 2.19 bits per heavy atom. The van der Waals surface area contributed by atoms with Crippen molar-refractivity contribution in [1.82, 2.24) is 0 Å². The Morgan fingerprint density at radius 1 is 1.50 bits per heavy atom. The standard InChI is InChI=1S/C11H11BrO4/c1-6-7(2-3-9(13)14)4-8(12)11-10(6)15-5-16-11/h4H,2-3,5H2,1H3,(H,13,14). The van der Waals surface area contributed by atoms with Crippen molar-refractivity contribution in [1.29, 1.82) is 0 Å². The monoisotopic (exact) mass is 286 g/mol. The van der Waals surface area contributed by atoms with Gasteiger partial charge in [-0.2, -0.15) is 0 Å². The molecule has 1 aliphatic rings. The predicted octanol–water partition coefficient (Wildman–Crippen LogP) is 2.50. The quantitative estimate of drug-likeness (QED) is 0.928. The lowest BCUT2D eigenvalue weighted by Crippen LogP contribution is -2.00. The lowest BCUT2D eigenvalue weighted by Gasteiger charge is -2.09. The van der Waals surface area contributed by atoms with Crippen LogP contribution in [0.2, 0.25) is 0 Å². The van der Waals surface area contributed by atoms with Gasteiger partial charge < -0.3 is 14.6 Å². The van der Waals surface area contributed by atoms with Crippen LogP contribution in [0.15, 0.2) is 10.5 Å². The van der Waals surface area contributed by atoms with Crippen LogP contribution in [-0.4, -0.2) is 17.9 Å². The molecule has 0 aliphatic carbocycles. The second kappa shape index (κ2) is 4.33. The fourth-order valence-corrected chi connectivity index (χ4v) is 2.28. The molecule has 1 heterocycles. The molecule has 0 saturated carbocycles. The van der Waals surface area contributed by atoms with Gasteiger partial charge in [-0.05, 0) is 46.5 Å². The first-order chi connectivity index (χ1) is 7.59. The lowest BCUT2D eigenvalue weighted by molar-refractivity contribution is -0.136. The number of halogens is 1. The van der Waals surface area contributed by atoms with Crippen LogP contribution in [0.4, 0.5) is 0 Å². The number of carbonyl (C=O) groups is 1. The van der Waals surface area contributed by atoms with Crippen LogP contribution in [0, 0.1) is 6.92 Å². The Kier molecular flexibility index (Phi) is 3.05. The molecule has 2 rings (SSSR count). The van der Waals surface area contributed by atoms with Gasteiger partial charge in [0.25, 0.3) is 0 Å². The summed E-state index contributed by atoms with van der Waals surface area (Å²) in [6, 6.07) is 1.89. The molecule has 0 unspecified atom stereocenters. The number of fused-ring (bicyclic) bond motifs is 1. The number of benzene rings is 1. The van der Waals surface area contributed by atoms with Gasteiger partial charge in [-0.25, -0.2) is 0 Å². The van der Waals surface area contributed by atoms with E-state index >= 15 is 0 Å². The summed E-state index contributed by atoms with van der Waals surface area (Å²) in [5.74, 6) is 0.625. The summed E-state index contributed by atoms with van der Waals surface area (Å²) in [5.41, 5.74) is 1.93. The van der Waals surface area contributed by atoms with Gasteiger partial charge in [0.05, 0.1) is 4.47 Å². The molecular weight excluding hydrogens is 276 g/mol. The summed E-state index contributed by atoms with van der Waals surface area (Å²) < 4.78 is 11.5. The van der Waals surface area contributed by atoms with Crippen molar-refractivity contribution >= 4 is 21.9 Å². The van der Waals surface area contributed by atoms with Crippen molar-refractivity contribution in [2.45, 2.75) is 19.8 Å². The number of ether oxygens (including phenoxy) is 2. The van der Waals surface area contributed by atoms with E-state index in [2.05, 4.69) is 15.9 Å². The van der Waals surface area contributed by atoms with E-state index in [1.54, 1.807) is 0 Å². The zero-order chi connectivity index (χ0) is 11.7. The maximum atomic E-state index is 10.5. The zero-order valence-electron chi connectivity index (χ0n) is 8.75. The predicted molar refractivity (Wildman–Crippen MR) is 61.0 cm³/mol. The van der Waals surface area contributed by atoms with E-state index in [0.29, 0.717) is 12.2 Å². The lowest BCUT2D eigenvalue weighted by atomic mass is 10.0. The van der Waals surface area contributed by atoms with Crippen LogP contribution in [-0.2, 0) is 11.2 Å². The Balaban J connectivity index is 2.33. The Labute approximate surface area is 101 Å². The molecule has 0 fully saturated rings. The van der Waals surface area contributed by atoms with E-state index in [1.807, 2.05) is 13.0 Å². The summed E-state index contributed by atoms with van der Waals surface area (Å²) in [7, 11) is 0. The van der Waals surface area contributed by atoms with Crippen molar-refractivity contribution in [3.05, 3.63) is 21.7 Å². The van der Waals surface area contributed by atoms with Crippen molar-refractivity contribution in [2.75, 3.05) is 6.79 Å². The summed E-state index contributed by atoms with van der Waals surface area (Å²) >= 11 is 3.39. The number of hydrogen-bond acceptors (Lipinski definition) is 3. The van der Waals surface area contributed by atoms with Crippen molar-refractivity contribution < 1.29 is 19.4 Å². The number of hydrogen-bond donors (Lipinski definition) is 1. The van der Waals surface area contributed by atoms with E-state index in [4.69, 9.17) is 14.6 Å². The van der Waals surface area contributed by atoms with Gasteiger partial charge in [-0.15, -0.1) is 0 Å². The minimum atomic E-state index is -0.798. The van der Waals surface area contributed by atoms with Crippen LogP contribution >= 0.6 is 15.9 Å². The molecule has 0 aromatic heterocycles. The van der Waals surface area contributed by atoms with E-state index < -0.39 is 5.97 Å². The highest BCUT2D eigenvalue weighted by molar-refractivity contribution is 9.10. The molecule has 1 aliphatic heterocycles. The Hall–Kier alpha value is -1.23. The van der Waals surface area contributed by atoms with E-state index in [-0.39, 0.29) is 13.2 Å². The summed E-state index contributed by atoms with van der Waals surface area (Å²) in [4.78, 5) is 10.5. The van der Waals surface area contributed by atoms with Gasteiger partial charge >= 0.3 is 5.97 Å². The molecule has 0 amide bonds. The maximum absolute atomic E-state index is 10.5. The highest BCUT2D eigenvalue weighted by Crippen LogP contribution is 2.43. The van der Waals surface area contributed by atoms with Gasteiger partial charge in [0.15, 0.2) is 11.5 Å². The van der Waals surface area contributed by atoms with Crippen LogP contribution in [0.3, 0.4) is 0 Å². The molecule has 86 valence electrons. The van der Waals surface area contributed by atoms with Crippen molar-refractivity contribution in [3.8, 4) is 11.5 Å². The number of aliphatic carboxylic acids is 1. The number of carboxylic acids is 1. The molecule has 4 nitrogen and oxygen atoms in total. The van der Waals surface area contributed by atoms with Gasteiger partial charge in [0.1, 0.15) is 0 Å². The normalized spacial score (nSPS) is 12.9. The number of aryl methyl sites for hydroxylation is 1.